The van der Waals surface area contributed by atoms with Crippen molar-refractivity contribution in [1.82, 2.24) is 9.97 Å². The second-order valence-corrected chi connectivity index (χ2v) is 4.26. The van der Waals surface area contributed by atoms with E-state index in [0.717, 1.165) is 5.56 Å². The molecule has 0 unspecified atom stereocenters. The van der Waals surface area contributed by atoms with Gasteiger partial charge in [-0.2, -0.15) is 0 Å². The second kappa shape index (κ2) is 5.45. The molecule has 0 aliphatic heterocycles. The summed E-state index contributed by atoms with van der Waals surface area (Å²) in [6, 6.07) is 6.85. The Morgan fingerprint density at radius 1 is 1.29 bits per heavy atom. The predicted molar refractivity (Wildman–Crippen MR) is 62.4 cm³/mol. The molecule has 2 aromatic rings. The van der Waals surface area contributed by atoms with Gasteiger partial charge in [0.15, 0.2) is 0 Å². The van der Waals surface area contributed by atoms with Crippen molar-refractivity contribution in [3.63, 3.8) is 0 Å². The minimum absolute atomic E-state index is 0.126. The summed E-state index contributed by atoms with van der Waals surface area (Å²) in [6.07, 6.45) is 5.01. The van der Waals surface area contributed by atoms with Crippen LogP contribution in [0.25, 0.3) is 0 Å². The zero-order valence-electron chi connectivity index (χ0n) is 8.87. The monoisotopic (exact) mass is 245 g/mol. The van der Waals surface area contributed by atoms with Crippen molar-refractivity contribution in [2.75, 3.05) is 0 Å². The van der Waals surface area contributed by atoms with Crippen LogP contribution in [-0.4, -0.2) is 15.9 Å². The van der Waals surface area contributed by atoms with E-state index in [1.54, 1.807) is 24.7 Å². The van der Waals surface area contributed by atoms with E-state index in [1.165, 1.54) is 17.8 Å². The zero-order chi connectivity index (χ0) is 12.1. The fourth-order valence-electron chi connectivity index (χ4n) is 1.30. The van der Waals surface area contributed by atoms with Crippen molar-refractivity contribution in [2.45, 2.75) is 10.8 Å². The van der Waals surface area contributed by atoms with Crippen LogP contribution in [0.15, 0.2) is 47.9 Å². The first-order chi connectivity index (χ1) is 8.27. The van der Waals surface area contributed by atoms with Gasteiger partial charge in [0, 0.05) is 29.9 Å². The molecule has 0 aliphatic carbocycles. The molecule has 86 valence electrons. The highest BCUT2D eigenvalue weighted by molar-refractivity contribution is 7.98. The molecular weight excluding hydrogens is 236 g/mol. The van der Waals surface area contributed by atoms with Gasteiger partial charge in [-0.05, 0) is 23.8 Å². The van der Waals surface area contributed by atoms with Crippen LogP contribution in [0, 0.1) is 0 Å². The summed E-state index contributed by atoms with van der Waals surface area (Å²) in [6.45, 7) is 0. The van der Waals surface area contributed by atoms with Crippen LogP contribution >= 0.6 is 11.8 Å². The predicted octanol–water partition coefficient (Wildman–Crippen LogP) is 1.13. The van der Waals surface area contributed by atoms with Gasteiger partial charge in [-0.15, -0.1) is 11.8 Å². The lowest BCUT2D eigenvalue weighted by atomic mass is 10.3. The zero-order valence-corrected chi connectivity index (χ0v) is 9.68. The third-order valence-electron chi connectivity index (χ3n) is 2.09. The lowest BCUT2D eigenvalue weighted by Crippen LogP contribution is -2.23. The van der Waals surface area contributed by atoms with Crippen molar-refractivity contribution < 1.29 is 9.90 Å². The van der Waals surface area contributed by atoms with Crippen LogP contribution < -0.4 is 5.11 Å². The maximum atomic E-state index is 10.9. The van der Waals surface area contributed by atoms with Crippen molar-refractivity contribution in [1.29, 1.82) is 0 Å². The summed E-state index contributed by atoms with van der Waals surface area (Å²) >= 11 is 1.36. The summed E-state index contributed by atoms with van der Waals surface area (Å²) in [4.78, 5) is 18.9. The number of aromatic carboxylic acids is 1. The third-order valence-corrected chi connectivity index (χ3v) is 3.17. The van der Waals surface area contributed by atoms with Gasteiger partial charge in [-0.25, -0.2) is 4.98 Å². The number of pyridine rings is 2. The smallest absolute Gasteiger partial charge is 0.105 e. The molecule has 0 N–H and O–H groups in total. The molecule has 0 aliphatic rings. The van der Waals surface area contributed by atoms with Crippen LogP contribution in [0.5, 0.6) is 0 Å². The second-order valence-electron chi connectivity index (χ2n) is 3.29. The van der Waals surface area contributed by atoms with E-state index in [2.05, 4.69) is 9.97 Å². The molecule has 2 rings (SSSR count). The molecule has 0 fully saturated rings. The Labute approximate surface area is 103 Å². The summed E-state index contributed by atoms with van der Waals surface area (Å²) in [5.74, 6) is -0.572. The van der Waals surface area contributed by atoms with Gasteiger partial charge >= 0.3 is 0 Å². The number of hydrogen-bond donors (Lipinski definition) is 0. The van der Waals surface area contributed by atoms with Crippen molar-refractivity contribution in [2.24, 2.45) is 0 Å². The van der Waals surface area contributed by atoms with Crippen molar-refractivity contribution in [3.8, 4) is 0 Å². The van der Waals surface area contributed by atoms with Gasteiger partial charge in [0.1, 0.15) is 5.03 Å². The fraction of sp³-hybridized carbons (Fsp3) is 0.0833. The SMILES string of the molecule is O=C([O-])c1cccnc1SCc1cccnc1. The first-order valence-corrected chi connectivity index (χ1v) is 5.94. The number of carboxylic acid groups (broad SMARTS) is 1. The first-order valence-electron chi connectivity index (χ1n) is 4.95. The number of thioether (sulfide) groups is 1. The van der Waals surface area contributed by atoms with Crippen molar-refractivity contribution in [3.05, 3.63) is 54.0 Å². The van der Waals surface area contributed by atoms with Gasteiger partial charge in [0.05, 0.1) is 5.97 Å². The van der Waals surface area contributed by atoms with E-state index in [9.17, 15) is 9.90 Å². The molecule has 0 saturated carbocycles. The minimum atomic E-state index is -1.20. The van der Waals surface area contributed by atoms with E-state index >= 15 is 0 Å². The van der Waals surface area contributed by atoms with E-state index in [-0.39, 0.29) is 5.56 Å². The summed E-state index contributed by atoms with van der Waals surface area (Å²) in [5, 5.41) is 11.3. The quantitative estimate of drug-likeness (QED) is 0.755. The number of rotatable bonds is 4. The molecule has 5 heteroatoms. The Morgan fingerprint density at radius 2 is 2.12 bits per heavy atom. The van der Waals surface area contributed by atoms with E-state index in [0.29, 0.717) is 10.8 Å². The molecule has 0 amide bonds. The highest BCUT2D eigenvalue weighted by Crippen LogP contribution is 2.23. The standard InChI is InChI=1S/C12H10N2O2S/c15-12(16)10-4-2-6-14-11(10)17-8-9-3-1-5-13-7-9/h1-7H,8H2,(H,15,16)/p-1. The maximum Gasteiger partial charge on any atom is 0.105 e. The Balaban J connectivity index is 2.12. The van der Waals surface area contributed by atoms with Gasteiger partial charge < -0.3 is 9.90 Å². The summed E-state index contributed by atoms with van der Waals surface area (Å²) in [7, 11) is 0. The van der Waals surface area contributed by atoms with Gasteiger partial charge in [-0.3, -0.25) is 4.98 Å². The average molecular weight is 245 g/mol. The molecule has 2 aromatic heterocycles. The number of hydrogen-bond acceptors (Lipinski definition) is 5. The van der Waals surface area contributed by atoms with Crippen molar-refractivity contribution >= 4 is 17.7 Å². The summed E-state index contributed by atoms with van der Waals surface area (Å²) < 4.78 is 0. The molecule has 0 atom stereocenters. The number of carboxylic acids is 1. The highest BCUT2D eigenvalue weighted by Gasteiger charge is 2.05. The van der Waals surface area contributed by atoms with E-state index in [1.807, 2.05) is 12.1 Å². The van der Waals surface area contributed by atoms with E-state index < -0.39 is 5.97 Å². The molecule has 17 heavy (non-hydrogen) atoms. The molecule has 0 spiro atoms. The Bertz CT molecular complexity index is 517. The largest absolute Gasteiger partial charge is 0.545 e. The van der Waals surface area contributed by atoms with Crippen LogP contribution in [0.4, 0.5) is 0 Å². The molecule has 2 heterocycles. The number of carbonyl (C=O) groups is 1. The number of aromatic nitrogens is 2. The molecule has 0 radical (unpaired) electrons. The van der Waals surface area contributed by atoms with Gasteiger partial charge in [0.2, 0.25) is 0 Å². The lowest BCUT2D eigenvalue weighted by Gasteiger charge is -2.08. The first kappa shape index (κ1) is 11.6. The molecule has 0 saturated heterocycles. The summed E-state index contributed by atoms with van der Waals surface area (Å²) in [5.41, 5.74) is 1.15. The number of nitrogens with zero attached hydrogens (tertiary/aromatic N) is 2. The molecule has 4 nitrogen and oxygen atoms in total. The average Bonchev–Trinajstić information content (AvgIpc) is 2.38. The maximum absolute atomic E-state index is 10.9. The Hall–Kier alpha value is -1.88. The van der Waals surface area contributed by atoms with Gasteiger partial charge in [0.25, 0.3) is 0 Å². The topological polar surface area (TPSA) is 65.9 Å². The number of carbonyl (C=O) groups excluding carboxylic acids is 1. The lowest BCUT2D eigenvalue weighted by molar-refractivity contribution is -0.255. The Kier molecular flexibility index (Phi) is 3.72. The normalized spacial score (nSPS) is 10.1. The molecule has 0 bridgehead atoms. The van der Waals surface area contributed by atoms with Crippen LogP contribution in [0.1, 0.15) is 15.9 Å². The van der Waals surface area contributed by atoms with Crippen LogP contribution in [0.2, 0.25) is 0 Å². The Morgan fingerprint density at radius 3 is 2.82 bits per heavy atom. The molecule has 0 aromatic carbocycles. The fourth-order valence-corrected chi connectivity index (χ4v) is 2.21. The van der Waals surface area contributed by atoms with Crippen LogP contribution in [-0.2, 0) is 5.75 Å². The van der Waals surface area contributed by atoms with E-state index in [4.69, 9.17) is 0 Å². The van der Waals surface area contributed by atoms with Crippen LogP contribution in [0.3, 0.4) is 0 Å². The highest BCUT2D eigenvalue weighted by atomic mass is 32.2. The minimum Gasteiger partial charge on any atom is -0.545 e. The molecular formula is C12H9N2O2S-. The third kappa shape index (κ3) is 3.04. The van der Waals surface area contributed by atoms with Gasteiger partial charge in [-0.1, -0.05) is 6.07 Å².